The summed E-state index contributed by atoms with van der Waals surface area (Å²) in [6.45, 7) is 7.54. The fraction of sp³-hybridized carbons (Fsp3) is 0.375. The lowest BCUT2D eigenvalue weighted by atomic mass is 9.99. The molecule has 1 heterocycles. The predicted molar refractivity (Wildman–Crippen MR) is 87.5 cm³/mol. The van der Waals surface area contributed by atoms with Gasteiger partial charge in [-0.3, -0.25) is 0 Å². The standard InChI is InChI=1S/C16H21NS2/c1-5-17-16(15-10-11(2)19-12(15)3)13-6-8-14(18-4)9-7-13/h6-10,16-17H,5H2,1-4H3. The van der Waals surface area contributed by atoms with E-state index in [1.165, 1.54) is 25.8 Å². The zero-order valence-electron chi connectivity index (χ0n) is 12.0. The molecule has 3 heteroatoms. The third-order valence-corrected chi connectivity index (χ3v) is 4.97. The molecule has 1 aromatic heterocycles. The van der Waals surface area contributed by atoms with E-state index in [0.29, 0.717) is 6.04 Å². The third-order valence-electron chi connectivity index (χ3n) is 3.25. The van der Waals surface area contributed by atoms with Crippen molar-refractivity contribution < 1.29 is 0 Å². The molecule has 0 radical (unpaired) electrons. The quantitative estimate of drug-likeness (QED) is 0.795. The van der Waals surface area contributed by atoms with Crippen molar-refractivity contribution in [2.45, 2.75) is 31.7 Å². The maximum Gasteiger partial charge on any atom is 0.0587 e. The molecular weight excluding hydrogens is 270 g/mol. The molecular formula is C16H21NS2. The van der Waals surface area contributed by atoms with Gasteiger partial charge in [-0.15, -0.1) is 23.1 Å². The smallest absolute Gasteiger partial charge is 0.0587 e. The highest BCUT2D eigenvalue weighted by molar-refractivity contribution is 7.98. The second kappa shape index (κ2) is 6.60. The number of aryl methyl sites for hydroxylation is 2. The molecule has 1 nitrogen and oxygen atoms in total. The predicted octanol–water partition coefficient (Wildman–Crippen LogP) is 4.79. The second-order valence-electron chi connectivity index (χ2n) is 4.63. The fourth-order valence-electron chi connectivity index (χ4n) is 2.34. The van der Waals surface area contributed by atoms with Crippen molar-refractivity contribution in [3.8, 4) is 0 Å². The number of rotatable bonds is 5. The van der Waals surface area contributed by atoms with E-state index in [2.05, 4.69) is 62.7 Å². The van der Waals surface area contributed by atoms with Crippen molar-refractivity contribution in [3.05, 3.63) is 51.2 Å². The Morgan fingerprint density at radius 3 is 2.37 bits per heavy atom. The molecule has 0 amide bonds. The van der Waals surface area contributed by atoms with Gasteiger partial charge in [0.15, 0.2) is 0 Å². The van der Waals surface area contributed by atoms with E-state index in [1.807, 2.05) is 11.3 Å². The highest BCUT2D eigenvalue weighted by Crippen LogP contribution is 2.31. The average Bonchev–Trinajstić information content (AvgIpc) is 2.75. The Morgan fingerprint density at radius 1 is 1.21 bits per heavy atom. The van der Waals surface area contributed by atoms with Gasteiger partial charge in [-0.2, -0.15) is 0 Å². The summed E-state index contributed by atoms with van der Waals surface area (Å²) in [7, 11) is 0. The Hall–Kier alpha value is -0.770. The molecule has 0 saturated carbocycles. The first-order valence-corrected chi connectivity index (χ1v) is 8.64. The van der Waals surface area contributed by atoms with Crippen LogP contribution in [0, 0.1) is 13.8 Å². The number of hydrogen-bond donors (Lipinski definition) is 1. The van der Waals surface area contributed by atoms with Crippen LogP contribution in [-0.4, -0.2) is 12.8 Å². The Bertz CT molecular complexity index is 528. The lowest BCUT2D eigenvalue weighted by Crippen LogP contribution is -2.22. The van der Waals surface area contributed by atoms with Crippen LogP contribution in [0.15, 0.2) is 35.2 Å². The molecule has 0 saturated heterocycles. The molecule has 1 N–H and O–H groups in total. The zero-order chi connectivity index (χ0) is 13.8. The van der Waals surface area contributed by atoms with Crippen LogP contribution in [0.1, 0.15) is 33.8 Å². The molecule has 1 unspecified atom stereocenters. The molecule has 1 aromatic carbocycles. The summed E-state index contributed by atoms with van der Waals surface area (Å²) >= 11 is 3.67. The van der Waals surface area contributed by atoms with Gasteiger partial charge in [-0.05, 0) is 56.0 Å². The van der Waals surface area contributed by atoms with Gasteiger partial charge in [0.2, 0.25) is 0 Å². The minimum atomic E-state index is 0.311. The summed E-state index contributed by atoms with van der Waals surface area (Å²) in [6, 6.07) is 11.5. The normalized spacial score (nSPS) is 12.6. The molecule has 0 fully saturated rings. The van der Waals surface area contributed by atoms with Crippen LogP contribution in [0.25, 0.3) is 0 Å². The van der Waals surface area contributed by atoms with Crippen molar-refractivity contribution in [2.24, 2.45) is 0 Å². The first-order valence-electron chi connectivity index (χ1n) is 6.60. The molecule has 0 aliphatic rings. The van der Waals surface area contributed by atoms with Crippen molar-refractivity contribution in [1.29, 1.82) is 0 Å². The Kier molecular flexibility index (Phi) is 5.08. The van der Waals surface area contributed by atoms with Gasteiger partial charge in [0, 0.05) is 14.6 Å². The zero-order valence-corrected chi connectivity index (χ0v) is 13.6. The van der Waals surface area contributed by atoms with Gasteiger partial charge >= 0.3 is 0 Å². The average molecular weight is 291 g/mol. The van der Waals surface area contributed by atoms with E-state index in [9.17, 15) is 0 Å². The summed E-state index contributed by atoms with van der Waals surface area (Å²) in [5.74, 6) is 0. The van der Waals surface area contributed by atoms with Crippen molar-refractivity contribution in [1.82, 2.24) is 5.32 Å². The summed E-state index contributed by atoms with van der Waals surface area (Å²) in [5.41, 5.74) is 2.77. The number of hydrogen-bond acceptors (Lipinski definition) is 3. The highest BCUT2D eigenvalue weighted by atomic mass is 32.2. The maximum absolute atomic E-state index is 3.61. The Labute approximate surface area is 124 Å². The highest BCUT2D eigenvalue weighted by Gasteiger charge is 2.16. The number of thiophene rings is 1. The minimum Gasteiger partial charge on any atom is -0.306 e. The molecule has 19 heavy (non-hydrogen) atoms. The van der Waals surface area contributed by atoms with Gasteiger partial charge in [0.25, 0.3) is 0 Å². The summed E-state index contributed by atoms with van der Waals surface area (Å²) in [4.78, 5) is 4.12. The fourth-order valence-corrected chi connectivity index (χ4v) is 3.72. The number of benzene rings is 1. The van der Waals surface area contributed by atoms with Crippen LogP contribution in [-0.2, 0) is 0 Å². The number of nitrogens with one attached hydrogen (secondary N) is 1. The maximum atomic E-state index is 3.61. The van der Waals surface area contributed by atoms with Crippen LogP contribution in [0.5, 0.6) is 0 Å². The minimum absolute atomic E-state index is 0.311. The largest absolute Gasteiger partial charge is 0.306 e. The van der Waals surface area contributed by atoms with Gasteiger partial charge in [-0.25, -0.2) is 0 Å². The van der Waals surface area contributed by atoms with E-state index in [4.69, 9.17) is 0 Å². The first kappa shape index (κ1) is 14.6. The van der Waals surface area contributed by atoms with Crippen molar-refractivity contribution >= 4 is 23.1 Å². The molecule has 2 aromatic rings. The van der Waals surface area contributed by atoms with Crippen LogP contribution in [0.2, 0.25) is 0 Å². The van der Waals surface area contributed by atoms with E-state index < -0.39 is 0 Å². The summed E-state index contributed by atoms with van der Waals surface area (Å²) in [6.07, 6.45) is 2.11. The van der Waals surface area contributed by atoms with Crippen LogP contribution in [0.3, 0.4) is 0 Å². The molecule has 0 spiro atoms. The monoisotopic (exact) mass is 291 g/mol. The van der Waals surface area contributed by atoms with E-state index in [-0.39, 0.29) is 0 Å². The molecule has 102 valence electrons. The lowest BCUT2D eigenvalue weighted by molar-refractivity contribution is 0.629. The van der Waals surface area contributed by atoms with E-state index in [1.54, 1.807) is 11.8 Å². The van der Waals surface area contributed by atoms with Crippen molar-refractivity contribution in [2.75, 3.05) is 12.8 Å². The van der Waals surface area contributed by atoms with Gasteiger partial charge in [-0.1, -0.05) is 19.1 Å². The third kappa shape index (κ3) is 3.41. The molecule has 0 aliphatic carbocycles. The van der Waals surface area contributed by atoms with E-state index in [0.717, 1.165) is 6.54 Å². The summed E-state index contributed by atoms with van der Waals surface area (Å²) < 4.78 is 0. The molecule has 0 bridgehead atoms. The van der Waals surface area contributed by atoms with Gasteiger partial charge in [0.1, 0.15) is 0 Å². The summed E-state index contributed by atoms with van der Waals surface area (Å²) in [5, 5.41) is 3.61. The van der Waals surface area contributed by atoms with Crippen LogP contribution < -0.4 is 5.32 Å². The lowest BCUT2D eigenvalue weighted by Gasteiger charge is -2.19. The van der Waals surface area contributed by atoms with Gasteiger partial charge in [0.05, 0.1) is 6.04 Å². The van der Waals surface area contributed by atoms with Crippen LogP contribution >= 0.6 is 23.1 Å². The first-order chi connectivity index (χ1) is 9.15. The van der Waals surface area contributed by atoms with Crippen LogP contribution in [0.4, 0.5) is 0 Å². The molecule has 1 atom stereocenters. The van der Waals surface area contributed by atoms with Gasteiger partial charge < -0.3 is 5.32 Å². The number of thioether (sulfide) groups is 1. The molecule has 2 rings (SSSR count). The topological polar surface area (TPSA) is 12.0 Å². The SMILES string of the molecule is CCNC(c1ccc(SC)cc1)c1cc(C)sc1C. The molecule has 0 aliphatic heterocycles. The Morgan fingerprint density at radius 2 is 1.89 bits per heavy atom. The second-order valence-corrected chi connectivity index (χ2v) is 6.97. The van der Waals surface area contributed by atoms with E-state index >= 15 is 0 Å². The Balaban J connectivity index is 2.36. The van der Waals surface area contributed by atoms with Crippen molar-refractivity contribution in [3.63, 3.8) is 0 Å².